The van der Waals surface area contributed by atoms with E-state index in [0.717, 1.165) is 5.56 Å². The van der Waals surface area contributed by atoms with Crippen molar-refractivity contribution < 1.29 is 4.92 Å². The molecule has 0 unspecified atom stereocenters. The van der Waals surface area contributed by atoms with Crippen molar-refractivity contribution in [1.82, 2.24) is 0 Å². The highest BCUT2D eigenvalue weighted by Crippen LogP contribution is 2.30. The van der Waals surface area contributed by atoms with Crippen LogP contribution in [-0.4, -0.2) is 4.92 Å². The molecule has 0 atom stereocenters. The number of nitro groups is 1. The average molecular weight is 288 g/mol. The number of nitrogens with zero attached hydrogens (tertiary/aromatic N) is 1. The molecule has 104 valence electrons. The Morgan fingerprint density at radius 2 is 1.95 bits per heavy atom. The van der Waals surface area contributed by atoms with Crippen molar-refractivity contribution in [3.63, 3.8) is 0 Å². The zero-order valence-corrected chi connectivity index (χ0v) is 12.2. The number of hydrogen-bond donors (Lipinski definition) is 1. The van der Waals surface area contributed by atoms with Crippen LogP contribution in [0.2, 0.25) is 0 Å². The minimum absolute atomic E-state index is 0.0794. The molecule has 2 N–H and O–H groups in total. The number of nitrogens with two attached hydrogens (primary N) is 1. The SMILES string of the molecule is Cc1ccc(C)c(SCc2cc([N+](=O)[O-])ccc2N)c1. The van der Waals surface area contributed by atoms with E-state index in [0.29, 0.717) is 11.4 Å². The molecular weight excluding hydrogens is 272 g/mol. The van der Waals surface area contributed by atoms with Crippen LogP contribution in [0.5, 0.6) is 0 Å². The van der Waals surface area contributed by atoms with Crippen LogP contribution in [0.15, 0.2) is 41.3 Å². The molecule has 20 heavy (non-hydrogen) atoms. The number of non-ortho nitro benzene ring substituents is 1. The maximum absolute atomic E-state index is 10.8. The Bertz CT molecular complexity index is 656. The lowest BCUT2D eigenvalue weighted by Crippen LogP contribution is -1.96. The molecule has 0 heterocycles. The Morgan fingerprint density at radius 3 is 2.65 bits per heavy atom. The number of nitrogen functional groups attached to an aromatic ring is 1. The topological polar surface area (TPSA) is 69.2 Å². The summed E-state index contributed by atoms with van der Waals surface area (Å²) in [4.78, 5) is 11.6. The number of thioether (sulfide) groups is 1. The molecule has 0 bridgehead atoms. The summed E-state index contributed by atoms with van der Waals surface area (Å²) in [7, 11) is 0. The smallest absolute Gasteiger partial charge is 0.269 e. The van der Waals surface area contributed by atoms with Crippen LogP contribution in [0.25, 0.3) is 0 Å². The van der Waals surface area contributed by atoms with Gasteiger partial charge in [0.05, 0.1) is 4.92 Å². The van der Waals surface area contributed by atoms with Crippen molar-refractivity contribution in [1.29, 1.82) is 0 Å². The van der Waals surface area contributed by atoms with Crippen molar-refractivity contribution in [3.05, 3.63) is 63.2 Å². The summed E-state index contributed by atoms with van der Waals surface area (Å²) < 4.78 is 0. The number of anilines is 1. The molecule has 0 aliphatic carbocycles. The van der Waals surface area contributed by atoms with E-state index < -0.39 is 4.92 Å². The molecule has 2 rings (SSSR count). The first-order valence-electron chi connectivity index (χ1n) is 6.20. The molecule has 0 aliphatic rings. The van der Waals surface area contributed by atoms with Gasteiger partial charge in [-0.1, -0.05) is 17.7 Å². The van der Waals surface area contributed by atoms with Crippen LogP contribution in [0, 0.1) is 24.0 Å². The fourth-order valence-corrected chi connectivity index (χ4v) is 2.97. The van der Waals surface area contributed by atoms with Gasteiger partial charge in [0.25, 0.3) is 5.69 Å². The fraction of sp³-hybridized carbons (Fsp3) is 0.200. The van der Waals surface area contributed by atoms with Crippen molar-refractivity contribution in [3.8, 4) is 0 Å². The Hall–Kier alpha value is -2.01. The summed E-state index contributed by atoms with van der Waals surface area (Å²) in [5, 5.41) is 10.8. The number of hydrogen-bond acceptors (Lipinski definition) is 4. The molecule has 0 saturated heterocycles. The molecule has 5 heteroatoms. The van der Waals surface area contributed by atoms with E-state index in [1.807, 2.05) is 6.92 Å². The zero-order valence-electron chi connectivity index (χ0n) is 11.4. The first-order chi connectivity index (χ1) is 9.47. The van der Waals surface area contributed by atoms with Crippen molar-refractivity contribution in [2.75, 3.05) is 5.73 Å². The average Bonchev–Trinajstić information content (AvgIpc) is 2.41. The zero-order chi connectivity index (χ0) is 14.7. The van der Waals surface area contributed by atoms with Gasteiger partial charge in [-0.25, -0.2) is 0 Å². The minimum atomic E-state index is -0.397. The van der Waals surface area contributed by atoms with Crippen LogP contribution in [0.4, 0.5) is 11.4 Å². The van der Waals surface area contributed by atoms with E-state index in [1.165, 1.54) is 22.1 Å². The highest BCUT2D eigenvalue weighted by Gasteiger charge is 2.10. The minimum Gasteiger partial charge on any atom is -0.398 e. The molecule has 0 aliphatic heterocycles. The predicted octanol–water partition coefficient (Wildman–Crippen LogP) is 4.09. The van der Waals surface area contributed by atoms with Crippen LogP contribution in [-0.2, 0) is 5.75 Å². The molecule has 0 fully saturated rings. The Kier molecular flexibility index (Phi) is 4.29. The summed E-state index contributed by atoms with van der Waals surface area (Å²) in [5.41, 5.74) is 9.75. The first kappa shape index (κ1) is 14.4. The number of aryl methyl sites for hydroxylation is 2. The van der Waals surface area contributed by atoms with Crippen LogP contribution in [0.1, 0.15) is 16.7 Å². The molecule has 0 radical (unpaired) electrons. The lowest BCUT2D eigenvalue weighted by molar-refractivity contribution is -0.384. The number of rotatable bonds is 4. The van der Waals surface area contributed by atoms with Gasteiger partial charge in [-0.3, -0.25) is 10.1 Å². The predicted molar refractivity (Wildman–Crippen MR) is 83.0 cm³/mol. The maximum Gasteiger partial charge on any atom is 0.269 e. The van der Waals surface area contributed by atoms with Crippen molar-refractivity contribution in [2.24, 2.45) is 0 Å². The first-order valence-corrected chi connectivity index (χ1v) is 7.19. The molecular formula is C15H16N2O2S. The molecule has 4 nitrogen and oxygen atoms in total. The van der Waals surface area contributed by atoms with Crippen LogP contribution >= 0.6 is 11.8 Å². The molecule has 0 saturated carbocycles. The van der Waals surface area contributed by atoms with Gasteiger partial charge in [0.2, 0.25) is 0 Å². The van der Waals surface area contributed by atoms with E-state index in [2.05, 4.69) is 25.1 Å². The third-order valence-electron chi connectivity index (χ3n) is 3.06. The molecule has 0 spiro atoms. The second-order valence-corrected chi connectivity index (χ2v) is 5.72. The Balaban J connectivity index is 2.20. The van der Waals surface area contributed by atoms with Crippen LogP contribution < -0.4 is 5.73 Å². The van der Waals surface area contributed by atoms with Crippen LogP contribution in [0.3, 0.4) is 0 Å². The largest absolute Gasteiger partial charge is 0.398 e. The summed E-state index contributed by atoms with van der Waals surface area (Å²) in [5.74, 6) is 0.623. The van der Waals surface area contributed by atoms with E-state index in [-0.39, 0.29) is 5.69 Å². The molecule has 0 aromatic heterocycles. The van der Waals surface area contributed by atoms with E-state index in [4.69, 9.17) is 5.73 Å². The molecule has 2 aromatic carbocycles. The number of nitro benzene ring substituents is 1. The van der Waals surface area contributed by atoms with Gasteiger partial charge in [-0.15, -0.1) is 11.8 Å². The van der Waals surface area contributed by atoms with Gasteiger partial charge in [0, 0.05) is 28.5 Å². The number of benzene rings is 2. The fourth-order valence-electron chi connectivity index (χ4n) is 1.85. The third kappa shape index (κ3) is 3.30. The summed E-state index contributed by atoms with van der Waals surface area (Å²) in [6.45, 7) is 4.10. The second-order valence-electron chi connectivity index (χ2n) is 4.70. The van der Waals surface area contributed by atoms with Gasteiger partial charge in [-0.2, -0.15) is 0 Å². The third-order valence-corrected chi connectivity index (χ3v) is 4.27. The maximum atomic E-state index is 10.8. The second kappa shape index (κ2) is 5.96. The van der Waals surface area contributed by atoms with Crippen molar-refractivity contribution in [2.45, 2.75) is 24.5 Å². The van der Waals surface area contributed by atoms with Gasteiger partial charge < -0.3 is 5.73 Å². The summed E-state index contributed by atoms with van der Waals surface area (Å²) in [6.07, 6.45) is 0. The Labute approximate surface area is 122 Å². The lowest BCUT2D eigenvalue weighted by Gasteiger charge is -2.08. The highest BCUT2D eigenvalue weighted by atomic mass is 32.2. The molecule has 0 amide bonds. The normalized spacial score (nSPS) is 10.5. The molecule has 2 aromatic rings. The van der Waals surface area contributed by atoms with Gasteiger partial charge >= 0.3 is 0 Å². The van der Waals surface area contributed by atoms with Gasteiger partial charge in [0.1, 0.15) is 0 Å². The van der Waals surface area contributed by atoms with Crippen molar-refractivity contribution >= 4 is 23.1 Å². The quantitative estimate of drug-likeness (QED) is 0.398. The van der Waals surface area contributed by atoms with Gasteiger partial charge in [0.15, 0.2) is 0 Å². The highest BCUT2D eigenvalue weighted by molar-refractivity contribution is 7.98. The standard InChI is InChI=1S/C15H16N2O2S/c1-10-3-4-11(2)15(7-10)20-9-12-8-13(17(18)19)5-6-14(12)16/h3-8H,9,16H2,1-2H3. The monoisotopic (exact) mass is 288 g/mol. The Morgan fingerprint density at radius 1 is 1.20 bits per heavy atom. The summed E-state index contributed by atoms with van der Waals surface area (Å²) >= 11 is 1.65. The van der Waals surface area contributed by atoms with E-state index >= 15 is 0 Å². The van der Waals surface area contributed by atoms with E-state index in [1.54, 1.807) is 23.9 Å². The summed E-state index contributed by atoms with van der Waals surface area (Å²) in [6, 6.07) is 10.8. The van der Waals surface area contributed by atoms with Gasteiger partial charge in [-0.05, 0) is 37.1 Å². The lowest BCUT2D eigenvalue weighted by atomic mass is 10.2. The van der Waals surface area contributed by atoms with E-state index in [9.17, 15) is 10.1 Å².